The van der Waals surface area contributed by atoms with Gasteiger partial charge in [-0.1, -0.05) is 19.3 Å². The molecule has 0 radical (unpaired) electrons. The third-order valence-electron chi connectivity index (χ3n) is 6.24. The minimum atomic E-state index is 1.20. The van der Waals surface area contributed by atoms with Crippen molar-refractivity contribution in [2.24, 2.45) is 35.5 Å². The van der Waals surface area contributed by atoms with Gasteiger partial charge in [-0.3, -0.25) is 0 Å². The molecule has 4 aliphatic rings. The van der Waals surface area contributed by atoms with Gasteiger partial charge in [-0.25, -0.2) is 0 Å². The first kappa shape index (κ1) is 8.19. The Hall–Kier alpha value is 0. The van der Waals surface area contributed by atoms with Crippen molar-refractivity contribution in [3.05, 3.63) is 0 Å². The molecule has 4 saturated carbocycles. The molecule has 0 N–H and O–H groups in total. The van der Waals surface area contributed by atoms with E-state index in [0.29, 0.717) is 0 Å². The van der Waals surface area contributed by atoms with Gasteiger partial charge >= 0.3 is 0 Å². The lowest BCUT2D eigenvalue weighted by molar-refractivity contribution is 0.0801. The molecule has 0 nitrogen and oxygen atoms in total. The van der Waals surface area contributed by atoms with Gasteiger partial charge in [-0.05, 0) is 67.6 Å². The highest BCUT2D eigenvalue weighted by molar-refractivity contribution is 5.07. The molecule has 0 spiro atoms. The molecule has 0 heteroatoms. The summed E-state index contributed by atoms with van der Waals surface area (Å²) in [6, 6.07) is 0. The third-order valence-corrected chi connectivity index (χ3v) is 6.24. The maximum absolute atomic E-state index is 1.66. The SMILES string of the molecule is C1CCC2C(C1)C1CC2C2CCCC21. The Balaban J connectivity index is 1.67. The lowest BCUT2D eigenvalue weighted by Gasteiger charge is -2.41. The summed E-state index contributed by atoms with van der Waals surface area (Å²) in [6.45, 7) is 0. The smallest absolute Gasteiger partial charge is 0.0349 e. The fourth-order valence-electron chi connectivity index (χ4n) is 5.98. The summed E-state index contributed by atoms with van der Waals surface area (Å²) in [7, 11) is 0. The molecular formula is C14H22. The van der Waals surface area contributed by atoms with Crippen LogP contribution < -0.4 is 0 Å². The van der Waals surface area contributed by atoms with E-state index in [1.165, 1.54) is 35.5 Å². The van der Waals surface area contributed by atoms with Gasteiger partial charge in [0, 0.05) is 0 Å². The van der Waals surface area contributed by atoms with Crippen molar-refractivity contribution in [2.45, 2.75) is 51.4 Å². The molecular weight excluding hydrogens is 168 g/mol. The minimum Gasteiger partial charge on any atom is -0.0530 e. The number of hydrogen-bond donors (Lipinski definition) is 0. The largest absolute Gasteiger partial charge is 0.0530 e. The molecule has 4 fully saturated rings. The predicted octanol–water partition coefficient (Wildman–Crippen LogP) is 3.86. The van der Waals surface area contributed by atoms with Crippen molar-refractivity contribution >= 4 is 0 Å². The molecule has 0 amide bonds. The Kier molecular flexibility index (Phi) is 1.62. The lowest BCUT2D eigenvalue weighted by atomic mass is 9.64. The quantitative estimate of drug-likeness (QED) is 0.544. The fraction of sp³-hybridized carbons (Fsp3) is 1.00. The summed E-state index contributed by atoms with van der Waals surface area (Å²) in [5, 5.41) is 0. The Morgan fingerprint density at radius 3 is 1.36 bits per heavy atom. The van der Waals surface area contributed by atoms with E-state index in [4.69, 9.17) is 0 Å². The van der Waals surface area contributed by atoms with E-state index in [1.54, 1.807) is 51.4 Å². The van der Waals surface area contributed by atoms with E-state index in [1.807, 2.05) is 0 Å². The zero-order chi connectivity index (χ0) is 9.12. The van der Waals surface area contributed by atoms with E-state index in [9.17, 15) is 0 Å². The van der Waals surface area contributed by atoms with Gasteiger partial charge in [0.2, 0.25) is 0 Å². The average Bonchev–Trinajstić information content (AvgIpc) is 2.88. The molecule has 0 aromatic rings. The monoisotopic (exact) mass is 190 g/mol. The highest BCUT2D eigenvalue weighted by atomic mass is 14.6. The van der Waals surface area contributed by atoms with Crippen LogP contribution in [0.2, 0.25) is 0 Å². The van der Waals surface area contributed by atoms with Gasteiger partial charge in [0.1, 0.15) is 0 Å². The molecule has 78 valence electrons. The van der Waals surface area contributed by atoms with Crippen LogP contribution >= 0.6 is 0 Å². The Bertz CT molecular complexity index is 220. The molecule has 4 aliphatic carbocycles. The molecule has 0 heterocycles. The van der Waals surface area contributed by atoms with Crippen LogP contribution in [0, 0.1) is 35.5 Å². The van der Waals surface area contributed by atoms with E-state index in [2.05, 4.69) is 0 Å². The summed E-state index contributed by atoms with van der Waals surface area (Å²) in [5.74, 6) is 7.23. The highest BCUT2D eigenvalue weighted by Gasteiger charge is 2.58. The summed E-state index contributed by atoms with van der Waals surface area (Å²) in [4.78, 5) is 0. The summed E-state index contributed by atoms with van der Waals surface area (Å²) in [6.07, 6.45) is 12.8. The van der Waals surface area contributed by atoms with Crippen molar-refractivity contribution in [2.75, 3.05) is 0 Å². The normalized spacial score (nSPS) is 60.0. The van der Waals surface area contributed by atoms with E-state index >= 15 is 0 Å². The van der Waals surface area contributed by atoms with Crippen LogP contribution in [0.15, 0.2) is 0 Å². The Morgan fingerprint density at radius 1 is 0.429 bits per heavy atom. The topological polar surface area (TPSA) is 0 Å². The predicted molar refractivity (Wildman–Crippen MR) is 57.9 cm³/mol. The first-order valence-electron chi connectivity index (χ1n) is 6.95. The van der Waals surface area contributed by atoms with Gasteiger partial charge in [0.15, 0.2) is 0 Å². The van der Waals surface area contributed by atoms with Crippen molar-refractivity contribution < 1.29 is 0 Å². The number of rotatable bonds is 0. The second-order valence-electron chi connectivity index (χ2n) is 6.43. The molecule has 0 aliphatic heterocycles. The zero-order valence-electron chi connectivity index (χ0n) is 9.12. The Labute approximate surface area is 87.5 Å². The van der Waals surface area contributed by atoms with Gasteiger partial charge in [-0.15, -0.1) is 0 Å². The maximum atomic E-state index is 1.66. The van der Waals surface area contributed by atoms with Gasteiger partial charge < -0.3 is 0 Å². The number of hydrogen-bond acceptors (Lipinski definition) is 0. The minimum absolute atomic E-state index is 1.20. The number of fused-ring (bicyclic) bond motifs is 8. The average molecular weight is 190 g/mol. The molecule has 14 heavy (non-hydrogen) atoms. The van der Waals surface area contributed by atoms with E-state index < -0.39 is 0 Å². The maximum Gasteiger partial charge on any atom is -0.0349 e. The van der Waals surface area contributed by atoms with E-state index in [-0.39, 0.29) is 0 Å². The summed E-state index contributed by atoms with van der Waals surface area (Å²) >= 11 is 0. The van der Waals surface area contributed by atoms with Gasteiger partial charge in [-0.2, -0.15) is 0 Å². The van der Waals surface area contributed by atoms with Crippen LogP contribution in [0.3, 0.4) is 0 Å². The summed E-state index contributed by atoms with van der Waals surface area (Å²) in [5.41, 5.74) is 0. The van der Waals surface area contributed by atoms with Crippen LogP contribution in [0.25, 0.3) is 0 Å². The van der Waals surface area contributed by atoms with Crippen LogP contribution in [0.4, 0.5) is 0 Å². The zero-order valence-corrected chi connectivity index (χ0v) is 9.12. The van der Waals surface area contributed by atoms with Crippen LogP contribution in [-0.4, -0.2) is 0 Å². The summed E-state index contributed by atoms with van der Waals surface area (Å²) < 4.78 is 0. The van der Waals surface area contributed by atoms with Gasteiger partial charge in [0.25, 0.3) is 0 Å². The van der Waals surface area contributed by atoms with Gasteiger partial charge in [0.05, 0.1) is 0 Å². The lowest BCUT2D eigenvalue weighted by Crippen LogP contribution is -2.34. The third kappa shape index (κ3) is 0.864. The van der Waals surface area contributed by atoms with Crippen LogP contribution in [0.1, 0.15) is 51.4 Å². The molecule has 0 aromatic carbocycles. The first-order chi connectivity index (χ1) is 6.95. The van der Waals surface area contributed by atoms with Crippen LogP contribution in [-0.2, 0) is 0 Å². The fourth-order valence-corrected chi connectivity index (χ4v) is 5.98. The Morgan fingerprint density at radius 2 is 0.857 bits per heavy atom. The van der Waals surface area contributed by atoms with E-state index in [0.717, 1.165) is 0 Å². The molecule has 6 atom stereocenters. The van der Waals surface area contributed by atoms with Crippen molar-refractivity contribution in [1.29, 1.82) is 0 Å². The second kappa shape index (κ2) is 2.77. The second-order valence-corrected chi connectivity index (χ2v) is 6.43. The van der Waals surface area contributed by atoms with Crippen molar-refractivity contribution in [3.8, 4) is 0 Å². The highest BCUT2D eigenvalue weighted by Crippen LogP contribution is 2.66. The van der Waals surface area contributed by atoms with Crippen LogP contribution in [0.5, 0.6) is 0 Å². The molecule has 4 rings (SSSR count). The first-order valence-corrected chi connectivity index (χ1v) is 6.95. The molecule has 6 unspecified atom stereocenters. The molecule has 0 saturated heterocycles. The van der Waals surface area contributed by atoms with Crippen molar-refractivity contribution in [3.63, 3.8) is 0 Å². The molecule has 0 aromatic heterocycles. The standard InChI is InChI=1S/C14H22/c1-2-5-10-9(4-1)13-8-14(10)12-7-3-6-11(12)13/h9-14H,1-8H2. The van der Waals surface area contributed by atoms with Crippen molar-refractivity contribution in [1.82, 2.24) is 0 Å². The molecule has 2 bridgehead atoms.